The van der Waals surface area contributed by atoms with Crippen molar-refractivity contribution in [2.75, 3.05) is 6.54 Å². The summed E-state index contributed by atoms with van der Waals surface area (Å²) in [6.07, 6.45) is 5.36. The number of carbonyl (C=O) groups excluding carboxylic acids is 1. The van der Waals surface area contributed by atoms with Crippen molar-refractivity contribution in [3.63, 3.8) is 0 Å². The molecule has 1 atom stereocenters. The van der Waals surface area contributed by atoms with Crippen LogP contribution in [0.4, 0.5) is 0 Å². The molecule has 4 nitrogen and oxygen atoms in total. The number of piperidine rings is 1. The number of allylic oxidation sites excluding steroid dienone is 1. The van der Waals surface area contributed by atoms with Crippen molar-refractivity contribution in [1.82, 2.24) is 4.90 Å². The topological polar surface area (TPSA) is 49.8 Å². The molecular weight excluding hydrogens is 350 g/mol. The summed E-state index contributed by atoms with van der Waals surface area (Å²) in [6, 6.07) is 10.1. The second-order valence-electron chi connectivity index (χ2n) is 8.06. The van der Waals surface area contributed by atoms with E-state index in [0.29, 0.717) is 29.7 Å². The van der Waals surface area contributed by atoms with Gasteiger partial charge in [0, 0.05) is 12.6 Å². The van der Waals surface area contributed by atoms with E-state index in [1.54, 1.807) is 12.1 Å². The zero-order chi connectivity index (χ0) is 19.8. The first kappa shape index (κ1) is 18.8. The summed E-state index contributed by atoms with van der Waals surface area (Å²) in [6.45, 7) is 7.69. The Labute approximate surface area is 166 Å². The average Bonchev–Trinajstić information content (AvgIpc) is 2.97. The number of likely N-dealkylation sites (tertiary alicyclic amines) is 1. The molecule has 2 heterocycles. The van der Waals surface area contributed by atoms with Crippen molar-refractivity contribution < 1.29 is 14.6 Å². The molecule has 28 heavy (non-hydrogen) atoms. The Morgan fingerprint density at radius 2 is 2.07 bits per heavy atom. The van der Waals surface area contributed by atoms with Gasteiger partial charge in [0.1, 0.15) is 11.5 Å². The summed E-state index contributed by atoms with van der Waals surface area (Å²) in [5, 5.41) is 10.6. The van der Waals surface area contributed by atoms with Crippen LogP contribution in [0.1, 0.15) is 58.8 Å². The van der Waals surface area contributed by atoms with Gasteiger partial charge in [-0.05, 0) is 63.4 Å². The molecule has 0 amide bonds. The van der Waals surface area contributed by atoms with Crippen LogP contribution in [0.25, 0.3) is 6.08 Å². The molecule has 4 rings (SSSR count). The van der Waals surface area contributed by atoms with Crippen molar-refractivity contribution in [3.05, 3.63) is 63.9 Å². The van der Waals surface area contributed by atoms with Gasteiger partial charge in [0.05, 0.1) is 11.1 Å². The molecule has 2 aliphatic rings. The van der Waals surface area contributed by atoms with E-state index in [0.717, 1.165) is 41.6 Å². The molecule has 1 fully saturated rings. The molecule has 1 unspecified atom stereocenters. The van der Waals surface area contributed by atoms with Crippen LogP contribution >= 0.6 is 0 Å². The largest absolute Gasteiger partial charge is 0.507 e. The lowest BCUT2D eigenvalue weighted by Crippen LogP contribution is -2.36. The number of ether oxygens (including phenoxy) is 1. The van der Waals surface area contributed by atoms with Gasteiger partial charge in [0.25, 0.3) is 0 Å². The number of nitrogens with zero attached hydrogens (tertiary/aromatic N) is 1. The van der Waals surface area contributed by atoms with E-state index < -0.39 is 0 Å². The Morgan fingerprint density at radius 3 is 2.82 bits per heavy atom. The van der Waals surface area contributed by atoms with Crippen LogP contribution in [0, 0.1) is 13.8 Å². The van der Waals surface area contributed by atoms with Crippen LogP contribution in [0.15, 0.2) is 36.1 Å². The van der Waals surface area contributed by atoms with Crippen LogP contribution in [0.5, 0.6) is 11.5 Å². The third-order valence-corrected chi connectivity index (χ3v) is 5.86. The molecular formula is C24H27NO3. The van der Waals surface area contributed by atoms with E-state index in [2.05, 4.69) is 11.8 Å². The number of phenols is 1. The fourth-order valence-corrected chi connectivity index (χ4v) is 4.24. The van der Waals surface area contributed by atoms with E-state index in [4.69, 9.17) is 4.74 Å². The number of carbonyl (C=O) groups is 1. The smallest absolute Gasteiger partial charge is 0.232 e. The molecule has 0 radical (unpaired) electrons. The Morgan fingerprint density at radius 1 is 1.25 bits per heavy atom. The molecule has 2 aliphatic heterocycles. The molecule has 0 spiro atoms. The van der Waals surface area contributed by atoms with Crippen molar-refractivity contribution in [1.29, 1.82) is 0 Å². The fraction of sp³-hybridized carbons (Fsp3) is 0.375. The number of aromatic hydroxyl groups is 1. The first-order valence-electron chi connectivity index (χ1n) is 10.0. The summed E-state index contributed by atoms with van der Waals surface area (Å²) in [5.74, 6) is 0.946. The van der Waals surface area contributed by atoms with Gasteiger partial charge in [-0.2, -0.15) is 0 Å². The number of aryl methyl sites for hydroxylation is 2. The summed E-state index contributed by atoms with van der Waals surface area (Å²) in [4.78, 5) is 15.4. The van der Waals surface area contributed by atoms with Crippen molar-refractivity contribution in [2.45, 2.75) is 52.6 Å². The zero-order valence-electron chi connectivity index (χ0n) is 16.8. The molecule has 1 N–H and O–H groups in total. The Hall–Kier alpha value is -2.59. The van der Waals surface area contributed by atoms with E-state index >= 15 is 0 Å². The van der Waals surface area contributed by atoms with Gasteiger partial charge in [-0.3, -0.25) is 9.69 Å². The Balaban J connectivity index is 1.71. The average molecular weight is 377 g/mol. The number of phenolic OH excluding ortho intramolecular Hbond substituents is 1. The molecule has 1 saturated heterocycles. The maximum absolute atomic E-state index is 13.0. The van der Waals surface area contributed by atoms with Crippen molar-refractivity contribution in [3.8, 4) is 11.5 Å². The van der Waals surface area contributed by atoms with Gasteiger partial charge in [0.15, 0.2) is 5.76 Å². The number of fused-ring (bicyclic) bond motifs is 1. The molecule has 2 aromatic rings. The van der Waals surface area contributed by atoms with Crippen LogP contribution in [0.2, 0.25) is 0 Å². The number of ketones is 1. The van der Waals surface area contributed by atoms with Crippen LogP contribution in [-0.2, 0) is 6.54 Å². The SMILES string of the molecule is Cc1cccc(/C=C2\Oc3c(CN4CCCCC4C)c(O)cc(C)c3C2=O)c1. The number of benzene rings is 2. The first-order valence-corrected chi connectivity index (χ1v) is 10.0. The second kappa shape index (κ2) is 7.44. The fourth-order valence-electron chi connectivity index (χ4n) is 4.24. The maximum atomic E-state index is 13.0. The van der Waals surface area contributed by atoms with E-state index in [9.17, 15) is 9.90 Å². The molecule has 0 saturated carbocycles. The second-order valence-corrected chi connectivity index (χ2v) is 8.06. The highest BCUT2D eigenvalue weighted by Gasteiger charge is 2.34. The molecule has 0 aromatic heterocycles. The molecule has 4 heteroatoms. The van der Waals surface area contributed by atoms with E-state index in [1.165, 1.54) is 6.42 Å². The van der Waals surface area contributed by atoms with E-state index in [1.807, 2.05) is 38.1 Å². The lowest BCUT2D eigenvalue weighted by atomic mass is 9.97. The maximum Gasteiger partial charge on any atom is 0.232 e. The molecule has 2 aromatic carbocycles. The predicted molar refractivity (Wildman–Crippen MR) is 111 cm³/mol. The standard InChI is InChI=1S/C24H27NO3/c1-15-7-6-9-18(11-15)13-21-23(27)22-16(2)12-20(26)19(24(22)28-21)14-25-10-5-4-8-17(25)3/h6-7,9,11-13,17,26H,4-5,8,10,14H2,1-3H3/b21-13-. The lowest BCUT2D eigenvalue weighted by molar-refractivity contribution is 0.101. The number of rotatable bonds is 3. The first-order chi connectivity index (χ1) is 13.4. The third kappa shape index (κ3) is 3.45. The van der Waals surface area contributed by atoms with Gasteiger partial charge in [0.2, 0.25) is 5.78 Å². The molecule has 0 bridgehead atoms. The van der Waals surface area contributed by atoms with Crippen molar-refractivity contribution >= 4 is 11.9 Å². The number of Topliss-reactive ketones (excluding diaryl/α,β-unsaturated/α-hetero) is 1. The van der Waals surface area contributed by atoms with Crippen molar-refractivity contribution in [2.24, 2.45) is 0 Å². The van der Waals surface area contributed by atoms with Crippen LogP contribution in [0.3, 0.4) is 0 Å². The summed E-state index contributed by atoms with van der Waals surface area (Å²) in [7, 11) is 0. The highest BCUT2D eigenvalue weighted by Crippen LogP contribution is 2.42. The zero-order valence-corrected chi connectivity index (χ0v) is 16.8. The molecule has 0 aliphatic carbocycles. The minimum absolute atomic E-state index is 0.109. The quantitative estimate of drug-likeness (QED) is 0.765. The highest BCUT2D eigenvalue weighted by atomic mass is 16.5. The lowest BCUT2D eigenvalue weighted by Gasteiger charge is -2.33. The highest BCUT2D eigenvalue weighted by molar-refractivity contribution is 6.15. The molecule has 146 valence electrons. The van der Waals surface area contributed by atoms with Gasteiger partial charge in [-0.15, -0.1) is 0 Å². The summed E-state index contributed by atoms with van der Waals surface area (Å²) < 4.78 is 6.06. The number of hydrogen-bond acceptors (Lipinski definition) is 4. The number of hydrogen-bond donors (Lipinski definition) is 1. The monoisotopic (exact) mass is 377 g/mol. The van der Waals surface area contributed by atoms with Crippen LogP contribution in [-0.4, -0.2) is 28.4 Å². The van der Waals surface area contributed by atoms with Gasteiger partial charge >= 0.3 is 0 Å². The van der Waals surface area contributed by atoms with E-state index in [-0.39, 0.29) is 11.5 Å². The minimum atomic E-state index is -0.109. The summed E-state index contributed by atoms with van der Waals surface area (Å²) in [5.41, 5.74) is 4.11. The van der Waals surface area contributed by atoms with Gasteiger partial charge < -0.3 is 9.84 Å². The minimum Gasteiger partial charge on any atom is -0.507 e. The third-order valence-electron chi connectivity index (χ3n) is 5.86. The summed E-state index contributed by atoms with van der Waals surface area (Å²) >= 11 is 0. The van der Waals surface area contributed by atoms with Gasteiger partial charge in [-0.25, -0.2) is 0 Å². The van der Waals surface area contributed by atoms with Crippen LogP contribution < -0.4 is 4.74 Å². The predicted octanol–water partition coefficient (Wildman–Crippen LogP) is 5.00. The van der Waals surface area contributed by atoms with Gasteiger partial charge in [-0.1, -0.05) is 36.2 Å². The normalized spacial score (nSPS) is 21.0. The Kier molecular flexibility index (Phi) is 4.98. The Bertz CT molecular complexity index is 961.